The molecule has 0 bridgehead atoms. The van der Waals surface area contributed by atoms with Crippen LogP contribution in [0.25, 0.3) is 0 Å². The van der Waals surface area contributed by atoms with E-state index < -0.39 is 9.92 Å². The molecule has 108 valence electrons. The van der Waals surface area contributed by atoms with E-state index in [-0.39, 0.29) is 0 Å². The second-order valence-electron chi connectivity index (χ2n) is 5.54. The molecule has 1 rings (SSSR count). The molecule has 0 aliphatic heterocycles. The minimum Gasteiger partial charge on any atom is -0.399 e. The number of nitrogen functional groups attached to an aromatic ring is 1. The van der Waals surface area contributed by atoms with E-state index in [0.717, 1.165) is 0 Å². The number of nitrogens with zero attached hydrogens (tertiary/aromatic N) is 1. The quantitative estimate of drug-likeness (QED) is 0.788. The minimum absolute atomic E-state index is 0.385. The molecule has 0 aliphatic carbocycles. The summed E-state index contributed by atoms with van der Waals surface area (Å²) in [5, 5.41) is 0. The monoisotopic (exact) mass is 283 g/mol. The molecule has 1 aromatic rings. The van der Waals surface area contributed by atoms with Crippen molar-refractivity contribution >= 4 is 15.6 Å². The van der Waals surface area contributed by atoms with Gasteiger partial charge in [-0.3, -0.25) is 0 Å². The molecule has 0 spiro atoms. The highest BCUT2D eigenvalue weighted by Gasteiger charge is 2.12. The Morgan fingerprint density at radius 2 is 1.74 bits per heavy atom. The zero-order valence-electron chi connectivity index (χ0n) is 12.2. The van der Waals surface area contributed by atoms with Gasteiger partial charge in [0.15, 0.2) is 0 Å². The second kappa shape index (κ2) is 6.91. The summed E-state index contributed by atoms with van der Waals surface area (Å²) >= 11 is 0. The summed E-state index contributed by atoms with van der Waals surface area (Å²) in [6, 6.07) is 7.09. The Balaban J connectivity index is 3.07. The normalized spacial score (nSPS) is 14.6. The highest BCUT2D eigenvalue weighted by Crippen LogP contribution is 2.15. The Morgan fingerprint density at radius 3 is 2.21 bits per heavy atom. The van der Waals surface area contributed by atoms with Gasteiger partial charge in [0.1, 0.15) is 9.92 Å². The van der Waals surface area contributed by atoms with Crippen LogP contribution in [0, 0.1) is 11.8 Å². The number of anilines is 1. The molecule has 1 unspecified atom stereocenters. The van der Waals surface area contributed by atoms with E-state index in [4.69, 9.17) is 5.73 Å². The van der Waals surface area contributed by atoms with Gasteiger partial charge in [-0.2, -0.15) is 0 Å². The van der Waals surface area contributed by atoms with Crippen molar-refractivity contribution < 1.29 is 4.21 Å². The Hall–Kier alpha value is -1.07. The first-order valence-electron chi connectivity index (χ1n) is 6.66. The van der Waals surface area contributed by atoms with Crippen molar-refractivity contribution in [3.05, 3.63) is 24.3 Å². The Bertz CT molecular complexity index is 500. The van der Waals surface area contributed by atoms with E-state index in [0.29, 0.717) is 35.5 Å². The fraction of sp³-hybridized carbons (Fsp3) is 0.571. The summed E-state index contributed by atoms with van der Waals surface area (Å²) in [7, 11) is -2.56. The smallest absolute Gasteiger partial charge is 0.137 e. The van der Waals surface area contributed by atoms with Crippen LogP contribution in [-0.2, 0) is 9.92 Å². The minimum atomic E-state index is -2.56. The van der Waals surface area contributed by atoms with Gasteiger partial charge in [0, 0.05) is 12.2 Å². The third kappa shape index (κ3) is 5.20. The van der Waals surface area contributed by atoms with Crippen molar-refractivity contribution in [2.75, 3.05) is 18.8 Å². The molecule has 0 aliphatic rings. The van der Waals surface area contributed by atoms with Crippen LogP contribution < -0.4 is 10.5 Å². The van der Waals surface area contributed by atoms with E-state index in [1.165, 1.54) is 0 Å². The van der Waals surface area contributed by atoms with Crippen LogP contribution in [0.4, 0.5) is 5.69 Å². The predicted octanol–water partition coefficient (Wildman–Crippen LogP) is 2.91. The summed E-state index contributed by atoms with van der Waals surface area (Å²) < 4.78 is 20.5. The van der Waals surface area contributed by atoms with Crippen molar-refractivity contribution in [2.45, 2.75) is 32.6 Å². The lowest BCUT2D eigenvalue weighted by atomic mass is 10.2. The number of nitrogens with one attached hydrogen (secondary N) is 1. The van der Waals surface area contributed by atoms with Gasteiger partial charge in [-0.1, -0.05) is 27.7 Å². The molecule has 3 N–H and O–H groups in total. The summed E-state index contributed by atoms with van der Waals surface area (Å²) in [5.74, 6) is 0.805. The third-order valence-corrected chi connectivity index (χ3v) is 4.49. The lowest BCUT2D eigenvalue weighted by Crippen LogP contribution is -2.28. The van der Waals surface area contributed by atoms with Crippen molar-refractivity contribution in [1.29, 1.82) is 0 Å². The van der Waals surface area contributed by atoms with Crippen LogP contribution in [0.2, 0.25) is 0 Å². The topological polar surface area (TPSA) is 67.5 Å². The zero-order chi connectivity index (χ0) is 14.5. The molecule has 4 nitrogen and oxygen atoms in total. The number of nitrogens with two attached hydrogens (primary N) is 1. The van der Waals surface area contributed by atoms with Gasteiger partial charge in [-0.25, -0.2) is 13.3 Å². The van der Waals surface area contributed by atoms with Crippen LogP contribution in [0.1, 0.15) is 27.7 Å². The average molecular weight is 283 g/mol. The van der Waals surface area contributed by atoms with Gasteiger partial charge in [-0.05, 0) is 36.1 Å². The molecule has 5 heteroatoms. The van der Waals surface area contributed by atoms with E-state index in [2.05, 4.69) is 36.8 Å². The molecule has 0 amide bonds. The summed E-state index contributed by atoms with van der Waals surface area (Å²) in [6.45, 7) is 9.54. The summed E-state index contributed by atoms with van der Waals surface area (Å²) in [4.78, 5) is 0.697. The molecule has 0 saturated carbocycles. The van der Waals surface area contributed by atoms with Crippen LogP contribution in [0.3, 0.4) is 0 Å². The first kappa shape index (κ1) is 16.0. The highest BCUT2D eigenvalue weighted by atomic mass is 32.2. The molecule has 1 atom stereocenters. The van der Waals surface area contributed by atoms with Gasteiger partial charge in [0.2, 0.25) is 0 Å². The molecular weight excluding hydrogens is 258 g/mol. The molecule has 1 aromatic carbocycles. The van der Waals surface area contributed by atoms with Gasteiger partial charge in [-0.15, -0.1) is 0 Å². The van der Waals surface area contributed by atoms with E-state index in [1.54, 1.807) is 24.3 Å². The highest BCUT2D eigenvalue weighted by molar-refractivity contribution is 7.91. The van der Waals surface area contributed by atoms with Crippen molar-refractivity contribution in [2.24, 2.45) is 16.2 Å². The maximum absolute atomic E-state index is 13.0. The van der Waals surface area contributed by atoms with Crippen molar-refractivity contribution in [3.8, 4) is 0 Å². The molecule has 0 aromatic heterocycles. The van der Waals surface area contributed by atoms with Gasteiger partial charge >= 0.3 is 0 Å². The number of benzene rings is 1. The first-order chi connectivity index (χ1) is 8.83. The lowest BCUT2D eigenvalue weighted by molar-refractivity contribution is 0.605. The fourth-order valence-corrected chi connectivity index (χ4v) is 3.37. The van der Waals surface area contributed by atoms with Crippen LogP contribution in [0.5, 0.6) is 0 Å². The largest absolute Gasteiger partial charge is 0.399 e. The summed E-state index contributed by atoms with van der Waals surface area (Å²) in [6.07, 6.45) is 0. The van der Waals surface area contributed by atoms with Gasteiger partial charge in [0.25, 0.3) is 0 Å². The summed E-state index contributed by atoms with van der Waals surface area (Å²) in [5.41, 5.74) is 6.34. The van der Waals surface area contributed by atoms with Crippen molar-refractivity contribution in [3.63, 3.8) is 0 Å². The van der Waals surface area contributed by atoms with E-state index in [9.17, 15) is 4.21 Å². The SMILES string of the molecule is CC(C)CN=S(=O)(NCC(C)C)c1ccc(N)cc1. The van der Waals surface area contributed by atoms with E-state index in [1.807, 2.05) is 0 Å². The van der Waals surface area contributed by atoms with Crippen LogP contribution >= 0.6 is 0 Å². The third-order valence-electron chi connectivity index (χ3n) is 2.51. The van der Waals surface area contributed by atoms with Gasteiger partial charge < -0.3 is 5.73 Å². The maximum Gasteiger partial charge on any atom is 0.137 e. The van der Waals surface area contributed by atoms with Gasteiger partial charge in [0.05, 0.1) is 11.4 Å². The first-order valence-corrected chi connectivity index (χ1v) is 8.18. The molecule has 0 fully saturated rings. The van der Waals surface area contributed by atoms with Crippen molar-refractivity contribution in [1.82, 2.24) is 4.72 Å². The standard InChI is InChI=1S/C14H25N3OS/c1-11(2)9-16-19(18,17-10-12(3)4)14-7-5-13(15)6-8-14/h5-8,11-12H,9-10,15H2,1-4H3,(H,16,17,18). The predicted molar refractivity (Wildman–Crippen MR) is 82.2 cm³/mol. The number of rotatable bonds is 6. The van der Waals surface area contributed by atoms with Crippen LogP contribution in [0.15, 0.2) is 33.5 Å². The maximum atomic E-state index is 13.0. The molecular formula is C14H25N3OS. The fourth-order valence-electron chi connectivity index (χ4n) is 1.39. The molecule has 0 heterocycles. The Morgan fingerprint density at radius 1 is 1.16 bits per heavy atom. The Kier molecular flexibility index (Phi) is 5.82. The van der Waals surface area contributed by atoms with E-state index >= 15 is 0 Å². The number of hydrogen-bond acceptors (Lipinski definition) is 3. The second-order valence-corrected chi connectivity index (χ2v) is 7.61. The Labute approximate surface area is 117 Å². The van der Waals surface area contributed by atoms with Crippen LogP contribution in [-0.4, -0.2) is 17.3 Å². The lowest BCUT2D eigenvalue weighted by Gasteiger charge is -2.15. The average Bonchev–Trinajstić information content (AvgIpc) is 2.35. The number of hydrogen-bond donors (Lipinski definition) is 2. The molecule has 0 radical (unpaired) electrons. The molecule has 19 heavy (non-hydrogen) atoms. The molecule has 0 saturated heterocycles. The zero-order valence-corrected chi connectivity index (χ0v) is 13.0.